The van der Waals surface area contributed by atoms with E-state index < -0.39 is 0 Å². The zero-order valence-electron chi connectivity index (χ0n) is 12.0. The number of benzene rings is 2. The highest BCUT2D eigenvalue weighted by Gasteiger charge is 2.16. The summed E-state index contributed by atoms with van der Waals surface area (Å²) in [5.41, 5.74) is 1.60. The van der Waals surface area contributed by atoms with Crippen LogP contribution < -0.4 is 5.32 Å². The van der Waals surface area contributed by atoms with Crippen molar-refractivity contribution in [3.63, 3.8) is 0 Å². The summed E-state index contributed by atoms with van der Waals surface area (Å²) in [5.74, 6) is -0.340. The summed E-state index contributed by atoms with van der Waals surface area (Å²) in [6.07, 6.45) is 0.664. The molecule has 1 unspecified atom stereocenters. The van der Waals surface area contributed by atoms with E-state index in [2.05, 4.69) is 5.32 Å². The number of phenols is 1. The van der Waals surface area contributed by atoms with Crippen LogP contribution in [0.3, 0.4) is 0 Å². The van der Waals surface area contributed by atoms with Crippen molar-refractivity contribution in [3.8, 4) is 5.75 Å². The summed E-state index contributed by atoms with van der Waals surface area (Å²) in [4.78, 5) is 0. The van der Waals surface area contributed by atoms with Gasteiger partial charge in [0.15, 0.2) is 0 Å². The van der Waals surface area contributed by atoms with Gasteiger partial charge in [-0.05, 0) is 37.1 Å². The first-order valence-corrected chi connectivity index (χ1v) is 6.99. The molecule has 2 rings (SSSR count). The number of aliphatic hydroxyl groups is 1. The van der Waals surface area contributed by atoms with Crippen molar-refractivity contribution in [2.45, 2.75) is 25.4 Å². The Kier molecular flexibility index (Phi) is 5.31. The Morgan fingerprint density at radius 3 is 2.52 bits per heavy atom. The fourth-order valence-electron chi connectivity index (χ4n) is 2.39. The van der Waals surface area contributed by atoms with Crippen LogP contribution in [0.15, 0.2) is 48.5 Å². The van der Waals surface area contributed by atoms with Crippen LogP contribution in [-0.4, -0.2) is 22.9 Å². The van der Waals surface area contributed by atoms with Crippen LogP contribution in [0.2, 0.25) is 0 Å². The first-order valence-electron chi connectivity index (χ1n) is 6.99. The monoisotopic (exact) mass is 289 g/mol. The van der Waals surface area contributed by atoms with Gasteiger partial charge in [-0.2, -0.15) is 0 Å². The second-order valence-electron chi connectivity index (χ2n) is 5.16. The molecule has 0 aliphatic rings. The number of halogens is 1. The number of phenolic OH excluding ortho intramolecular Hbond substituents is 1. The van der Waals surface area contributed by atoms with Gasteiger partial charge in [0.25, 0.3) is 0 Å². The van der Waals surface area contributed by atoms with Gasteiger partial charge in [-0.25, -0.2) is 4.39 Å². The predicted octanol–water partition coefficient (Wildman–Crippen LogP) is 2.79. The minimum absolute atomic E-state index is 0.0324. The lowest BCUT2D eigenvalue weighted by Crippen LogP contribution is -2.36. The number of nitrogens with one attached hydrogen (secondary N) is 1. The first-order chi connectivity index (χ1) is 10.1. The molecule has 112 valence electrons. The average molecular weight is 289 g/mol. The van der Waals surface area contributed by atoms with Gasteiger partial charge < -0.3 is 15.5 Å². The Labute approximate surface area is 124 Å². The lowest BCUT2D eigenvalue weighted by Gasteiger charge is -2.23. The Balaban J connectivity index is 2.05. The summed E-state index contributed by atoms with van der Waals surface area (Å²) >= 11 is 0. The van der Waals surface area contributed by atoms with Gasteiger partial charge in [-0.3, -0.25) is 0 Å². The van der Waals surface area contributed by atoms with E-state index in [9.17, 15) is 14.6 Å². The summed E-state index contributed by atoms with van der Waals surface area (Å²) < 4.78 is 13.3. The third kappa shape index (κ3) is 4.28. The minimum atomic E-state index is -0.389. The van der Waals surface area contributed by atoms with Gasteiger partial charge in [-0.15, -0.1) is 0 Å². The number of hydrogen-bond donors (Lipinski definition) is 3. The van der Waals surface area contributed by atoms with Gasteiger partial charge in [0.05, 0.1) is 6.61 Å². The Morgan fingerprint density at radius 1 is 1.14 bits per heavy atom. The van der Waals surface area contributed by atoms with Crippen molar-refractivity contribution in [1.82, 2.24) is 5.32 Å². The average Bonchev–Trinajstić information content (AvgIpc) is 2.50. The van der Waals surface area contributed by atoms with Crippen LogP contribution in [0.1, 0.15) is 24.1 Å². The Morgan fingerprint density at radius 2 is 1.86 bits per heavy atom. The van der Waals surface area contributed by atoms with E-state index in [1.807, 2.05) is 37.3 Å². The molecule has 0 fully saturated rings. The Hall–Kier alpha value is -1.91. The van der Waals surface area contributed by atoms with Gasteiger partial charge in [0.1, 0.15) is 11.6 Å². The first kappa shape index (κ1) is 15.5. The quantitative estimate of drug-likeness (QED) is 0.766. The second-order valence-corrected chi connectivity index (χ2v) is 5.16. The number of aliphatic hydroxyl groups excluding tert-OH is 1. The van der Waals surface area contributed by atoms with E-state index in [1.54, 1.807) is 0 Å². The summed E-state index contributed by atoms with van der Waals surface area (Å²) in [6.45, 7) is 1.80. The van der Waals surface area contributed by atoms with E-state index in [0.717, 1.165) is 5.56 Å². The Bertz CT molecular complexity index is 574. The normalized spacial score (nSPS) is 13.9. The van der Waals surface area contributed by atoms with Crippen molar-refractivity contribution in [2.75, 3.05) is 6.61 Å². The highest BCUT2D eigenvalue weighted by Crippen LogP contribution is 2.25. The zero-order chi connectivity index (χ0) is 15.2. The lowest BCUT2D eigenvalue weighted by atomic mass is 10.0. The maximum absolute atomic E-state index is 13.3. The van der Waals surface area contributed by atoms with Crippen molar-refractivity contribution >= 4 is 0 Å². The molecule has 0 amide bonds. The molecule has 0 aliphatic heterocycles. The predicted molar refractivity (Wildman–Crippen MR) is 80.6 cm³/mol. The molecule has 2 atom stereocenters. The van der Waals surface area contributed by atoms with Crippen molar-refractivity contribution in [2.24, 2.45) is 0 Å². The fourth-order valence-corrected chi connectivity index (χ4v) is 2.39. The zero-order valence-corrected chi connectivity index (χ0v) is 12.0. The van der Waals surface area contributed by atoms with Crippen molar-refractivity contribution in [3.05, 3.63) is 65.5 Å². The molecule has 2 aromatic carbocycles. The van der Waals surface area contributed by atoms with Crippen LogP contribution in [0.4, 0.5) is 4.39 Å². The second kappa shape index (κ2) is 7.20. The van der Waals surface area contributed by atoms with Crippen LogP contribution in [0.5, 0.6) is 5.75 Å². The van der Waals surface area contributed by atoms with E-state index in [4.69, 9.17) is 0 Å². The molecule has 0 aliphatic carbocycles. The van der Waals surface area contributed by atoms with Gasteiger partial charge in [0, 0.05) is 17.6 Å². The fraction of sp³-hybridized carbons (Fsp3) is 0.294. The third-order valence-corrected chi connectivity index (χ3v) is 3.49. The van der Waals surface area contributed by atoms with Crippen LogP contribution in [0.25, 0.3) is 0 Å². The number of hydrogen-bond acceptors (Lipinski definition) is 3. The molecule has 4 heteroatoms. The highest BCUT2D eigenvalue weighted by molar-refractivity contribution is 5.35. The molecule has 21 heavy (non-hydrogen) atoms. The maximum Gasteiger partial charge on any atom is 0.123 e. The van der Waals surface area contributed by atoms with Crippen LogP contribution in [0, 0.1) is 5.82 Å². The molecule has 2 aromatic rings. The van der Waals surface area contributed by atoms with Crippen molar-refractivity contribution < 1.29 is 14.6 Å². The smallest absolute Gasteiger partial charge is 0.123 e. The molecule has 0 aromatic heterocycles. The van der Waals surface area contributed by atoms with Crippen LogP contribution >= 0.6 is 0 Å². The van der Waals surface area contributed by atoms with E-state index in [1.165, 1.54) is 18.2 Å². The molecule has 0 saturated carbocycles. The molecule has 3 N–H and O–H groups in total. The SMILES string of the molecule is CC(N[C@@H](CO)Cc1ccccc1)c1cc(F)ccc1O. The molecule has 0 bridgehead atoms. The topological polar surface area (TPSA) is 52.5 Å². The van der Waals surface area contributed by atoms with Crippen LogP contribution in [-0.2, 0) is 6.42 Å². The lowest BCUT2D eigenvalue weighted by molar-refractivity contribution is 0.232. The third-order valence-electron chi connectivity index (χ3n) is 3.49. The molecular formula is C17H20FNO2. The molecule has 3 nitrogen and oxygen atoms in total. The minimum Gasteiger partial charge on any atom is -0.508 e. The van der Waals surface area contributed by atoms with Gasteiger partial charge in [0.2, 0.25) is 0 Å². The maximum atomic E-state index is 13.3. The molecule has 0 saturated heterocycles. The van der Waals surface area contributed by atoms with Gasteiger partial charge >= 0.3 is 0 Å². The van der Waals surface area contributed by atoms with E-state index in [0.29, 0.717) is 12.0 Å². The van der Waals surface area contributed by atoms with Gasteiger partial charge in [-0.1, -0.05) is 30.3 Å². The number of aromatic hydroxyl groups is 1. The molecule has 0 spiro atoms. The number of rotatable bonds is 6. The van der Waals surface area contributed by atoms with E-state index in [-0.39, 0.29) is 30.3 Å². The standard InChI is InChI=1S/C17H20FNO2/c1-12(16-10-14(18)7-8-17(16)21)19-15(11-20)9-13-5-3-2-4-6-13/h2-8,10,12,15,19-21H,9,11H2,1H3/t12?,15-/m1/s1. The molecular weight excluding hydrogens is 269 g/mol. The largest absolute Gasteiger partial charge is 0.508 e. The summed E-state index contributed by atoms with van der Waals surface area (Å²) in [7, 11) is 0. The summed E-state index contributed by atoms with van der Waals surface area (Å²) in [5, 5.41) is 22.5. The molecule has 0 heterocycles. The van der Waals surface area contributed by atoms with Crippen molar-refractivity contribution in [1.29, 1.82) is 0 Å². The molecule has 0 radical (unpaired) electrons. The highest BCUT2D eigenvalue weighted by atomic mass is 19.1. The van der Waals surface area contributed by atoms with E-state index >= 15 is 0 Å². The summed E-state index contributed by atoms with van der Waals surface area (Å²) in [6, 6.07) is 13.3.